The van der Waals surface area contributed by atoms with Crippen LogP contribution < -0.4 is 5.32 Å². The molecule has 0 saturated carbocycles. The lowest BCUT2D eigenvalue weighted by Gasteiger charge is -2.26. The van der Waals surface area contributed by atoms with Crippen LogP contribution in [-0.2, 0) is 11.2 Å². The number of hydrogen-bond donors (Lipinski definition) is 2. The SMILES string of the molecule is Cc1noc(Cl)c1CCC(=O)NCC(C)(C)CC(C)O. The second kappa shape index (κ2) is 7.09. The van der Waals surface area contributed by atoms with Crippen molar-refractivity contribution in [3.8, 4) is 0 Å². The van der Waals surface area contributed by atoms with Crippen molar-refractivity contribution in [3.63, 3.8) is 0 Å². The van der Waals surface area contributed by atoms with Gasteiger partial charge in [0.1, 0.15) is 0 Å². The van der Waals surface area contributed by atoms with Gasteiger partial charge in [0.2, 0.25) is 11.1 Å². The Morgan fingerprint density at radius 2 is 2.20 bits per heavy atom. The standard InChI is InChI=1S/C14H23ClN2O3/c1-9(18)7-14(3,4)8-16-12(19)6-5-11-10(2)17-20-13(11)15/h9,18H,5-8H2,1-4H3,(H,16,19). The van der Waals surface area contributed by atoms with Crippen LogP contribution in [0.4, 0.5) is 0 Å². The number of rotatable bonds is 7. The highest BCUT2D eigenvalue weighted by molar-refractivity contribution is 6.29. The molecule has 2 N–H and O–H groups in total. The molecule has 0 spiro atoms. The predicted octanol–water partition coefficient (Wildman–Crippen LogP) is 2.48. The first-order valence-corrected chi connectivity index (χ1v) is 7.14. The molecule has 1 rings (SSSR count). The number of nitrogens with one attached hydrogen (secondary N) is 1. The first-order valence-electron chi connectivity index (χ1n) is 6.76. The van der Waals surface area contributed by atoms with E-state index in [1.165, 1.54) is 0 Å². The summed E-state index contributed by atoms with van der Waals surface area (Å²) in [5.41, 5.74) is 1.37. The highest BCUT2D eigenvalue weighted by atomic mass is 35.5. The van der Waals surface area contributed by atoms with Crippen LogP contribution in [0.1, 0.15) is 44.9 Å². The Morgan fingerprint density at radius 1 is 1.55 bits per heavy atom. The summed E-state index contributed by atoms with van der Waals surface area (Å²) in [5, 5.41) is 16.3. The third-order valence-corrected chi connectivity index (χ3v) is 3.45. The van der Waals surface area contributed by atoms with Crippen molar-refractivity contribution >= 4 is 17.5 Å². The Kier molecular flexibility index (Phi) is 6.02. The average Bonchev–Trinajstić information content (AvgIpc) is 2.62. The molecule has 20 heavy (non-hydrogen) atoms. The van der Waals surface area contributed by atoms with Crippen molar-refractivity contribution in [2.45, 2.75) is 53.1 Å². The second-order valence-corrected chi connectivity index (χ2v) is 6.36. The van der Waals surface area contributed by atoms with Crippen LogP contribution in [0.15, 0.2) is 4.52 Å². The molecule has 0 aromatic carbocycles. The van der Waals surface area contributed by atoms with Crippen molar-refractivity contribution < 1.29 is 14.4 Å². The highest BCUT2D eigenvalue weighted by Gasteiger charge is 2.21. The van der Waals surface area contributed by atoms with E-state index >= 15 is 0 Å². The van der Waals surface area contributed by atoms with E-state index in [1.807, 2.05) is 13.8 Å². The van der Waals surface area contributed by atoms with E-state index in [9.17, 15) is 9.90 Å². The quantitative estimate of drug-likeness (QED) is 0.811. The van der Waals surface area contributed by atoms with Gasteiger partial charge in [-0.25, -0.2) is 0 Å². The Hall–Kier alpha value is -1.07. The van der Waals surface area contributed by atoms with Gasteiger partial charge in [-0.3, -0.25) is 4.79 Å². The average molecular weight is 303 g/mol. The van der Waals surface area contributed by atoms with Gasteiger partial charge in [0.25, 0.3) is 0 Å². The van der Waals surface area contributed by atoms with E-state index in [0.29, 0.717) is 25.8 Å². The number of aliphatic hydroxyl groups excluding tert-OH is 1. The highest BCUT2D eigenvalue weighted by Crippen LogP contribution is 2.22. The van der Waals surface area contributed by atoms with Crippen LogP contribution in [-0.4, -0.2) is 28.8 Å². The zero-order valence-corrected chi connectivity index (χ0v) is 13.3. The molecule has 1 heterocycles. The number of amides is 1. The zero-order valence-electron chi connectivity index (χ0n) is 12.5. The summed E-state index contributed by atoms with van der Waals surface area (Å²) in [6.07, 6.45) is 1.12. The topological polar surface area (TPSA) is 75.4 Å². The van der Waals surface area contributed by atoms with Gasteiger partial charge in [-0.2, -0.15) is 0 Å². The molecule has 114 valence electrons. The van der Waals surface area contributed by atoms with E-state index in [1.54, 1.807) is 13.8 Å². The fourth-order valence-electron chi connectivity index (χ4n) is 2.18. The normalized spacial score (nSPS) is 13.3. The van der Waals surface area contributed by atoms with E-state index < -0.39 is 0 Å². The molecule has 1 amide bonds. The van der Waals surface area contributed by atoms with E-state index in [2.05, 4.69) is 10.5 Å². The molecular formula is C14H23ClN2O3. The molecule has 6 heteroatoms. The van der Waals surface area contributed by atoms with Crippen LogP contribution in [0, 0.1) is 12.3 Å². The molecule has 0 fully saturated rings. The summed E-state index contributed by atoms with van der Waals surface area (Å²) < 4.78 is 4.84. The first kappa shape index (κ1) is 17.0. The Labute approximate surface area is 124 Å². The minimum absolute atomic E-state index is 0.0414. The van der Waals surface area contributed by atoms with E-state index in [0.717, 1.165) is 11.3 Å². The molecule has 1 aromatic rings. The maximum atomic E-state index is 11.8. The molecule has 0 saturated heterocycles. The van der Waals surface area contributed by atoms with Crippen LogP contribution in [0.5, 0.6) is 0 Å². The fraction of sp³-hybridized carbons (Fsp3) is 0.714. The third kappa shape index (κ3) is 5.51. The lowest BCUT2D eigenvalue weighted by atomic mass is 9.87. The van der Waals surface area contributed by atoms with Gasteiger partial charge in [0.05, 0.1) is 11.8 Å². The number of aryl methyl sites for hydroxylation is 1. The smallest absolute Gasteiger partial charge is 0.229 e. The van der Waals surface area contributed by atoms with Crippen molar-refractivity contribution in [2.24, 2.45) is 5.41 Å². The maximum Gasteiger partial charge on any atom is 0.229 e. The number of aliphatic hydroxyl groups is 1. The number of carbonyl (C=O) groups is 1. The minimum Gasteiger partial charge on any atom is -0.393 e. The monoisotopic (exact) mass is 302 g/mol. The van der Waals surface area contributed by atoms with Crippen LogP contribution in [0.3, 0.4) is 0 Å². The molecular weight excluding hydrogens is 280 g/mol. The molecule has 1 unspecified atom stereocenters. The first-order chi connectivity index (χ1) is 9.21. The Morgan fingerprint density at radius 3 is 2.70 bits per heavy atom. The van der Waals surface area contributed by atoms with Crippen molar-refractivity contribution in [2.75, 3.05) is 6.54 Å². The lowest BCUT2D eigenvalue weighted by Crippen LogP contribution is -2.35. The minimum atomic E-state index is -0.375. The Bertz CT molecular complexity index is 436. The number of nitrogens with zero attached hydrogens (tertiary/aromatic N) is 1. The summed E-state index contributed by atoms with van der Waals surface area (Å²) in [4.78, 5) is 11.8. The van der Waals surface area contributed by atoms with Crippen molar-refractivity contribution in [3.05, 3.63) is 16.5 Å². The molecule has 0 radical (unpaired) electrons. The van der Waals surface area contributed by atoms with E-state index in [4.69, 9.17) is 16.1 Å². The van der Waals surface area contributed by atoms with Gasteiger partial charge in [-0.15, -0.1) is 0 Å². The van der Waals surface area contributed by atoms with Crippen LogP contribution in [0.2, 0.25) is 5.22 Å². The van der Waals surface area contributed by atoms with Crippen molar-refractivity contribution in [1.29, 1.82) is 0 Å². The van der Waals surface area contributed by atoms with Crippen LogP contribution in [0.25, 0.3) is 0 Å². The maximum absolute atomic E-state index is 11.8. The molecule has 0 aliphatic heterocycles. The molecule has 0 aliphatic carbocycles. The molecule has 0 bridgehead atoms. The summed E-state index contributed by atoms with van der Waals surface area (Å²) in [6.45, 7) is 8.11. The van der Waals surface area contributed by atoms with Gasteiger partial charge in [0.15, 0.2) is 0 Å². The molecule has 1 atom stereocenters. The van der Waals surface area contributed by atoms with E-state index in [-0.39, 0.29) is 22.6 Å². The Balaban J connectivity index is 2.38. The number of hydrogen-bond acceptors (Lipinski definition) is 4. The number of aromatic nitrogens is 1. The van der Waals surface area contributed by atoms with Crippen molar-refractivity contribution in [1.82, 2.24) is 10.5 Å². The number of carbonyl (C=O) groups excluding carboxylic acids is 1. The summed E-state index contributed by atoms with van der Waals surface area (Å²) in [7, 11) is 0. The molecule has 5 nitrogen and oxygen atoms in total. The van der Waals surface area contributed by atoms with Gasteiger partial charge in [-0.05, 0) is 43.7 Å². The van der Waals surface area contributed by atoms with Crippen LogP contribution >= 0.6 is 11.6 Å². The van der Waals surface area contributed by atoms with Gasteiger partial charge in [0, 0.05) is 18.5 Å². The van der Waals surface area contributed by atoms with Gasteiger partial charge >= 0.3 is 0 Å². The predicted molar refractivity (Wildman–Crippen MR) is 77.7 cm³/mol. The van der Waals surface area contributed by atoms with Gasteiger partial charge < -0.3 is 14.9 Å². The fourth-order valence-corrected chi connectivity index (χ4v) is 2.44. The number of halogens is 1. The second-order valence-electron chi connectivity index (χ2n) is 6.01. The van der Waals surface area contributed by atoms with Gasteiger partial charge in [-0.1, -0.05) is 19.0 Å². The lowest BCUT2D eigenvalue weighted by molar-refractivity contribution is -0.121. The zero-order chi connectivity index (χ0) is 15.3. The summed E-state index contributed by atoms with van der Waals surface area (Å²) >= 11 is 5.85. The third-order valence-electron chi connectivity index (χ3n) is 3.15. The molecule has 1 aromatic heterocycles. The summed E-state index contributed by atoms with van der Waals surface area (Å²) in [5.74, 6) is -0.0414. The summed E-state index contributed by atoms with van der Waals surface area (Å²) in [6, 6.07) is 0. The molecule has 0 aliphatic rings. The largest absolute Gasteiger partial charge is 0.393 e.